The van der Waals surface area contributed by atoms with Gasteiger partial charge in [0.25, 0.3) is 5.69 Å². The minimum Gasteiger partial charge on any atom is -0.432 e. The molecule has 21 heavy (non-hydrogen) atoms. The van der Waals surface area contributed by atoms with Gasteiger partial charge in [-0.25, -0.2) is 4.79 Å². The first-order chi connectivity index (χ1) is 10.1. The Kier molecular flexibility index (Phi) is 7.77. The summed E-state index contributed by atoms with van der Waals surface area (Å²) in [5.74, 6) is 0.162. The van der Waals surface area contributed by atoms with E-state index in [-0.39, 0.29) is 24.7 Å². The van der Waals surface area contributed by atoms with Crippen LogP contribution in [0.3, 0.4) is 0 Å². The standard InChI is InChI=1S/C13H16NO7/c1-2-18-7-8-19-9-10-20-13(15)21-12-5-3-11(4-6-12)14(16)17/h3-6H,1-2,7-10H2. The maximum atomic E-state index is 11.3. The van der Waals surface area contributed by atoms with Crippen LogP contribution in [-0.2, 0) is 14.2 Å². The molecule has 0 saturated heterocycles. The van der Waals surface area contributed by atoms with Gasteiger partial charge in [-0.15, -0.1) is 0 Å². The smallest absolute Gasteiger partial charge is 0.432 e. The number of carbonyl (C=O) groups is 1. The predicted octanol–water partition coefficient (Wildman–Crippen LogP) is 1.98. The number of hydrogen-bond acceptors (Lipinski definition) is 7. The van der Waals surface area contributed by atoms with Gasteiger partial charge < -0.3 is 18.9 Å². The molecule has 1 aromatic rings. The molecule has 0 unspecified atom stereocenters. The molecule has 0 aliphatic carbocycles. The number of rotatable bonds is 9. The van der Waals surface area contributed by atoms with Crippen LogP contribution in [0.1, 0.15) is 0 Å². The van der Waals surface area contributed by atoms with Crippen molar-refractivity contribution in [1.82, 2.24) is 0 Å². The highest BCUT2D eigenvalue weighted by Crippen LogP contribution is 2.17. The van der Waals surface area contributed by atoms with Gasteiger partial charge in [0.2, 0.25) is 0 Å². The van der Waals surface area contributed by atoms with Crippen LogP contribution in [0.2, 0.25) is 0 Å². The highest BCUT2D eigenvalue weighted by Gasteiger charge is 2.08. The van der Waals surface area contributed by atoms with Gasteiger partial charge in [0, 0.05) is 18.7 Å². The largest absolute Gasteiger partial charge is 0.513 e. The van der Waals surface area contributed by atoms with Crippen molar-refractivity contribution in [3.8, 4) is 5.75 Å². The van der Waals surface area contributed by atoms with E-state index >= 15 is 0 Å². The number of nitro benzene ring substituents is 1. The van der Waals surface area contributed by atoms with E-state index < -0.39 is 11.1 Å². The van der Waals surface area contributed by atoms with E-state index in [0.717, 1.165) is 0 Å². The fourth-order valence-electron chi connectivity index (χ4n) is 1.27. The molecule has 0 aromatic heterocycles. The number of benzene rings is 1. The third-order valence-electron chi connectivity index (χ3n) is 2.21. The van der Waals surface area contributed by atoms with Gasteiger partial charge in [-0.2, -0.15) is 0 Å². The highest BCUT2D eigenvalue weighted by atomic mass is 16.7. The van der Waals surface area contributed by atoms with Crippen molar-refractivity contribution < 1.29 is 28.7 Å². The van der Waals surface area contributed by atoms with Crippen molar-refractivity contribution in [2.75, 3.05) is 33.0 Å². The summed E-state index contributed by atoms with van der Waals surface area (Å²) < 4.78 is 19.6. The van der Waals surface area contributed by atoms with Gasteiger partial charge in [-0.3, -0.25) is 10.1 Å². The van der Waals surface area contributed by atoms with E-state index in [1.165, 1.54) is 24.3 Å². The minimum atomic E-state index is -0.901. The summed E-state index contributed by atoms with van der Waals surface area (Å²) in [5, 5.41) is 10.4. The third-order valence-corrected chi connectivity index (χ3v) is 2.21. The molecule has 8 nitrogen and oxygen atoms in total. The first-order valence-electron chi connectivity index (χ1n) is 6.17. The number of non-ortho nitro benzene ring substituents is 1. The van der Waals surface area contributed by atoms with Crippen LogP contribution in [0.5, 0.6) is 5.75 Å². The average Bonchev–Trinajstić information content (AvgIpc) is 2.47. The monoisotopic (exact) mass is 298 g/mol. The van der Waals surface area contributed by atoms with Crippen LogP contribution in [0.25, 0.3) is 0 Å². The number of hydrogen-bond donors (Lipinski definition) is 0. The van der Waals surface area contributed by atoms with E-state index in [2.05, 4.69) is 6.92 Å². The molecule has 0 atom stereocenters. The van der Waals surface area contributed by atoms with Crippen molar-refractivity contribution in [3.05, 3.63) is 41.3 Å². The lowest BCUT2D eigenvalue weighted by Gasteiger charge is -2.06. The van der Waals surface area contributed by atoms with E-state index in [4.69, 9.17) is 18.9 Å². The maximum absolute atomic E-state index is 11.3. The van der Waals surface area contributed by atoms with Gasteiger partial charge >= 0.3 is 6.16 Å². The van der Waals surface area contributed by atoms with Crippen molar-refractivity contribution in [3.63, 3.8) is 0 Å². The molecule has 0 saturated carbocycles. The second kappa shape index (κ2) is 9.67. The quantitative estimate of drug-likeness (QED) is 0.226. The molecule has 0 N–H and O–H groups in total. The second-order valence-electron chi connectivity index (χ2n) is 3.68. The minimum absolute atomic E-state index is 0.0379. The first kappa shape index (κ1) is 16.9. The summed E-state index contributed by atoms with van der Waals surface area (Å²) in [5.41, 5.74) is -0.0892. The van der Waals surface area contributed by atoms with Gasteiger partial charge in [0.1, 0.15) is 12.4 Å². The molecule has 0 heterocycles. The van der Waals surface area contributed by atoms with E-state index in [1.807, 2.05) is 0 Å². The fourth-order valence-corrected chi connectivity index (χ4v) is 1.27. The SMILES string of the molecule is [CH2]COCCOCCOC(=O)Oc1ccc([N+](=O)[O-])cc1. The Balaban J connectivity index is 2.17. The number of ether oxygens (including phenoxy) is 4. The Bertz CT molecular complexity index is 446. The molecule has 0 spiro atoms. The Labute approximate surface area is 121 Å². The number of nitro groups is 1. The molecule has 0 bridgehead atoms. The van der Waals surface area contributed by atoms with Gasteiger partial charge in [-0.05, 0) is 19.1 Å². The number of nitrogens with zero attached hydrogens (tertiary/aromatic N) is 1. The summed E-state index contributed by atoms with van der Waals surface area (Å²) in [6, 6.07) is 5.08. The zero-order chi connectivity index (χ0) is 15.5. The van der Waals surface area contributed by atoms with Crippen molar-refractivity contribution in [1.29, 1.82) is 0 Å². The molecular formula is C13H16NO7. The molecule has 8 heteroatoms. The molecule has 1 aromatic carbocycles. The molecule has 0 aliphatic heterocycles. The van der Waals surface area contributed by atoms with Crippen LogP contribution in [0.15, 0.2) is 24.3 Å². The van der Waals surface area contributed by atoms with Gasteiger partial charge in [-0.1, -0.05) is 0 Å². The summed E-state index contributed by atoms with van der Waals surface area (Å²) in [7, 11) is 0. The molecule has 0 amide bonds. The zero-order valence-corrected chi connectivity index (χ0v) is 11.4. The fraction of sp³-hybridized carbons (Fsp3) is 0.385. The normalized spacial score (nSPS) is 10.1. The molecule has 0 fully saturated rings. The van der Waals surface area contributed by atoms with Crippen molar-refractivity contribution in [2.24, 2.45) is 0 Å². The Hall–Kier alpha value is -2.19. The lowest BCUT2D eigenvalue weighted by molar-refractivity contribution is -0.384. The maximum Gasteiger partial charge on any atom is 0.513 e. The Morgan fingerprint density at radius 3 is 2.33 bits per heavy atom. The van der Waals surface area contributed by atoms with Gasteiger partial charge in [0.05, 0.1) is 24.7 Å². The lowest BCUT2D eigenvalue weighted by Crippen LogP contribution is -2.15. The van der Waals surface area contributed by atoms with Crippen LogP contribution >= 0.6 is 0 Å². The predicted molar refractivity (Wildman–Crippen MR) is 72.1 cm³/mol. The van der Waals surface area contributed by atoms with E-state index in [0.29, 0.717) is 19.8 Å². The van der Waals surface area contributed by atoms with Gasteiger partial charge in [0.15, 0.2) is 0 Å². The summed E-state index contributed by atoms with van der Waals surface area (Å²) >= 11 is 0. The third kappa shape index (κ3) is 7.23. The van der Waals surface area contributed by atoms with Crippen molar-refractivity contribution in [2.45, 2.75) is 0 Å². The summed E-state index contributed by atoms with van der Waals surface area (Å²) in [4.78, 5) is 21.2. The van der Waals surface area contributed by atoms with Crippen LogP contribution in [-0.4, -0.2) is 44.1 Å². The van der Waals surface area contributed by atoms with E-state index in [1.54, 1.807) is 0 Å². The summed E-state index contributed by atoms with van der Waals surface area (Å²) in [6.07, 6.45) is -0.901. The van der Waals surface area contributed by atoms with Crippen LogP contribution in [0.4, 0.5) is 10.5 Å². The Morgan fingerprint density at radius 2 is 1.71 bits per heavy atom. The molecule has 1 radical (unpaired) electrons. The molecular weight excluding hydrogens is 282 g/mol. The van der Waals surface area contributed by atoms with E-state index in [9.17, 15) is 14.9 Å². The van der Waals surface area contributed by atoms with Crippen molar-refractivity contribution >= 4 is 11.8 Å². The zero-order valence-electron chi connectivity index (χ0n) is 11.4. The average molecular weight is 298 g/mol. The van der Waals surface area contributed by atoms with Crippen LogP contribution < -0.4 is 4.74 Å². The Morgan fingerprint density at radius 1 is 1.10 bits per heavy atom. The van der Waals surface area contributed by atoms with Crippen LogP contribution in [0, 0.1) is 17.0 Å². The first-order valence-corrected chi connectivity index (χ1v) is 6.17. The molecule has 1 rings (SSSR count). The topological polar surface area (TPSA) is 97.1 Å². The lowest BCUT2D eigenvalue weighted by atomic mass is 10.3. The number of carbonyl (C=O) groups excluding carboxylic acids is 1. The highest BCUT2D eigenvalue weighted by molar-refractivity contribution is 5.63. The second-order valence-corrected chi connectivity index (χ2v) is 3.68. The summed E-state index contributed by atoms with van der Waals surface area (Å²) in [6.45, 7) is 4.94. The molecule has 115 valence electrons. The molecule has 0 aliphatic rings.